The third-order valence-corrected chi connectivity index (χ3v) is 5.57. The van der Waals surface area contributed by atoms with Gasteiger partial charge in [-0.2, -0.15) is 10.2 Å². The van der Waals surface area contributed by atoms with Crippen molar-refractivity contribution in [1.82, 2.24) is 29.9 Å². The summed E-state index contributed by atoms with van der Waals surface area (Å²) in [5, 5.41) is 11.8. The Morgan fingerprint density at radius 1 is 1.31 bits per heavy atom. The molecule has 1 fully saturated rings. The summed E-state index contributed by atoms with van der Waals surface area (Å²) in [7, 11) is 1.84. The zero-order valence-corrected chi connectivity index (χ0v) is 16.9. The predicted octanol–water partition coefficient (Wildman–Crippen LogP) is 3.47. The Hall–Kier alpha value is -2.84. The molecule has 9 heteroatoms. The molecule has 29 heavy (non-hydrogen) atoms. The van der Waals surface area contributed by atoms with E-state index in [4.69, 9.17) is 0 Å². The summed E-state index contributed by atoms with van der Waals surface area (Å²) in [6, 6.07) is 1.27. The molecular weight excluding hydrogens is 378 g/mol. The van der Waals surface area contributed by atoms with Crippen LogP contribution in [0.3, 0.4) is 0 Å². The maximum Gasteiger partial charge on any atom is 0.264 e. The number of aromatic nitrogens is 5. The van der Waals surface area contributed by atoms with Crippen LogP contribution < -0.4 is 5.32 Å². The van der Waals surface area contributed by atoms with Crippen LogP contribution >= 0.6 is 0 Å². The van der Waals surface area contributed by atoms with E-state index in [0.29, 0.717) is 22.4 Å². The smallest absolute Gasteiger partial charge is 0.264 e. The Balaban J connectivity index is 1.62. The van der Waals surface area contributed by atoms with E-state index in [2.05, 4.69) is 20.5 Å². The van der Waals surface area contributed by atoms with Gasteiger partial charge in [-0.1, -0.05) is 0 Å². The van der Waals surface area contributed by atoms with E-state index in [1.807, 2.05) is 20.9 Å². The fourth-order valence-electron chi connectivity index (χ4n) is 3.72. The summed E-state index contributed by atoms with van der Waals surface area (Å²) in [5.74, 6) is -0.0367. The van der Waals surface area contributed by atoms with Crippen LogP contribution in [0.25, 0.3) is 11.0 Å². The lowest BCUT2D eigenvalue weighted by Gasteiger charge is -2.14. The number of pyridine rings is 1. The van der Waals surface area contributed by atoms with Gasteiger partial charge in [0.2, 0.25) is 5.91 Å². The number of hydrogen-bond acceptors (Lipinski definition) is 4. The number of aryl methyl sites for hydroxylation is 2. The van der Waals surface area contributed by atoms with Gasteiger partial charge in [-0.05, 0) is 39.7 Å². The van der Waals surface area contributed by atoms with E-state index in [-0.39, 0.29) is 30.0 Å². The molecular formula is C20H24F2N6O. The third kappa shape index (κ3) is 3.61. The second-order valence-electron chi connectivity index (χ2n) is 7.75. The van der Waals surface area contributed by atoms with Crippen LogP contribution in [0.5, 0.6) is 0 Å². The van der Waals surface area contributed by atoms with Crippen molar-refractivity contribution >= 4 is 16.9 Å². The molecule has 7 nitrogen and oxygen atoms in total. The van der Waals surface area contributed by atoms with Gasteiger partial charge in [-0.15, -0.1) is 0 Å². The third-order valence-electron chi connectivity index (χ3n) is 5.57. The van der Waals surface area contributed by atoms with Gasteiger partial charge < -0.3 is 5.32 Å². The molecule has 3 aromatic heterocycles. The first-order chi connectivity index (χ1) is 13.8. The van der Waals surface area contributed by atoms with Gasteiger partial charge in [0.15, 0.2) is 5.65 Å². The van der Waals surface area contributed by atoms with Crippen molar-refractivity contribution in [2.24, 2.45) is 7.05 Å². The molecule has 1 saturated carbocycles. The van der Waals surface area contributed by atoms with Crippen molar-refractivity contribution in [3.8, 4) is 0 Å². The van der Waals surface area contributed by atoms with Crippen LogP contribution in [0.4, 0.5) is 8.78 Å². The zero-order valence-electron chi connectivity index (χ0n) is 16.9. The lowest BCUT2D eigenvalue weighted by atomic mass is 10.1. The molecule has 1 N–H and O–H groups in total. The van der Waals surface area contributed by atoms with Crippen LogP contribution in [0.15, 0.2) is 12.3 Å². The number of carbonyl (C=O) groups excluding carboxylic acids is 1. The summed E-state index contributed by atoms with van der Waals surface area (Å²) in [5.41, 5.74) is 3.30. The van der Waals surface area contributed by atoms with Gasteiger partial charge in [0.1, 0.15) is 6.54 Å². The zero-order chi connectivity index (χ0) is 20.9. The van der Waals surface area contributed by atoms with Crippen LogP contribution in [-0.2, 0) is 18.4 Å². The molecule has 0 radical (unpaired) electrons. The van der Waals surface area contributed by atoms with Crippen molar-refractivity contribution in [3.05, 3.63) is 40.5 Å². The molecule has 154 valence electrons. The summed E-state index contributed by atoms with van der Waals surface area (Å²) >= 11 is 0. The van der Waals surface area contributed by atoms with Gasteiger partial charge in [0, 0.05) is 35.5 Å². The van der Waals surface area contributed by atoms with Crippen molar-refractivity contribution in [2.45, 2.75) is 58.5 Å². The first-order valence-corrected chi connectivity index (χ1v) is 9.70. The lowest BCUT2D eigenvalue weighted by molar-refractivity contribution is -0.122. The fourth-order valence-corrected chi connectivity index (χ4v) is 3.72. The molecule has 0 bridgehead atoms. The van der Waals surface area contributed by atoms with Gasteiger partial charge in [0.05, 0.1) is 23.3 Å². The number of amides is 1. The highest BCUT2D eigenvalue weighted by atomic mass is 19.3. The Morgan fingerprint density at radius 2 is 2.03 bits per heavy atom. The molecule has 1 aliphatic rings. The Labute approximate surface area is 167 Å². The molecule has 0 aromatic carbocycles. The van der Waals surface area contributed by atoms with E-state index in [1.165, 1.54) is 10.7 Å². The summed E-state index contributed by atoms with van der Waals surface area (Å²) in [6.07, 6.45) is 1.02. The number of rotatable bonds is 6. The summed E-state index contributed by atoms with van der Waals surface area (Å²) in [6.45, 7) is 5.40. The highest BCUT2D eigenvalue weighted by Crippen LogP contribution is 2.41. The largest absolute Gasteiger partial charge is 0.348 e. The van der Waals surface area contributed by atoms with Crippen LogP contribution in [0.2, 0.25) is 0 Å². The number of halogens is 2. The molecule has 1 aliphatic carbocycles. The average molecular weight is 402 g/mol. The lowest BCUT2D eigenvalue weighted by Crippen LogP contribution is -2.30. The molecule has 0 saturated heterocycles. The molecule has 4 rings (SSSR count). The maximum absolute atomic E-state index is 13.7. The number of carbonyl (C=O) groups is 1. The van der Waals surface area contributed by atoms with Crippen molar-refractivity contribution in [2.75, 3.05) is 0 Å². The normalized spacial score (nSPS) is 15.3. The van der Waals surface area contributed by atoms with E-state index in [1.54, 1.807) is 17.8 Å². The predicted molar refractivity (Wildman–Crippen MR) is 104 cm³/mol. The van der Waals surface area contributed by atoms with Crippen molar-refractivity contribution in [1.29, 1.82) is 0 Å². The van der Waals surface area contributed by atoms with E-state index in [0.717, 1.165) is 24.1 Å². The minimum atomic E-state index is -2.61. The van der Waals surface area contributed by atoms with Crippen molar-refractivity contribution in [3.63, 3.8) is 0 Å². The second-order valence-corrected chi connectivity index (χ2v) is 7.75. The van der Waals surface area contributed by atoms with Gasteiger partial charge in [0.25, 0.3) is 6.43 Å². The average Bonchev–Trinajstić information content (AvgIpc) is 3.40. The summed E-state index contributed by atoms with van der Waals surface area (Å²) in [4.78, 5) is 17.2. The molecule has 1 amide bonds. The summed E-state index contributed by atoms with van der Waals surface area (Å²) < 4.78 is 30.5. The fraction of sp³-hybridized carbons (Fsp3) is 0.500. The Kier molecular flexibility index (Phi) is 4.84. The first-order valence-electron chi connectivity index (χ1n) is 9.70. The molecule has 3 aromatic rings. The van der Waals surface area contributed by atoms with Gasteiger partial charge >= 0.3 is 0 Å². The molecule has 0 aliphatic heterocycles. The molecule has 0 spiro atoms. The number of hydrogen-bond donors (Lipinski definition) is 1. The standard InChI is InChI=1S/C20H24F2N6O/c1-10(15-8-23-27(4)12(15)3)24-17(29)9-28-20-18(11(2)26-28)14(19(21)22)7-16(25-20)13-5-6-13/h7-8,10,13,19H,5-6,9H2,1-4H3,(H,24,29). The van der Waals surface area contributed by atoms with Crippen molar-refractivity contribution < 1.29 is 13.6 Å². The van der Waals surface area contributed by atoms with Crippen LogP contribution in [0, 0.1) is 13.8 Å². The van der Waals surface area contributed by atoms with Crippen LogP contribution in [0.1, 0.15) is 66.4 Å². The molecule has 1 atom stereocenters. The SMILES string of the molecule is Cc1nn(CC(=O)NC(C)c2cnn(C)c2C)c2nc(C3CC3)cc(C(F)F)c12. The van der Waals surface area contributed by atoms with Crippen LogP contribution in [-0.4, -0.2) is 30.5 Å². The van der Waals surface area contributed by atoms with E-state index >= 15 is 0 Å². The maximum atomic E-state index is 13.7. The number of fused-ring (bicyclic) bond motifs is 1. The first kappa shape index (κ1) is 19.5. The topological polar surface area (TPSA) is 77.6 Å². The van der Waals surface area contributed by atoms with Gasteiger partial charge in [-0.3, -0.25) is 9.48 Å². The highest BCUT2D eigenvalue weighted by molar-refractivity contribution is 5.85. The quantitative estimate of drug-likeness (QED) is 0.685. The van der Waals surface area contributed by atoms with Gasteiger partial charge in [-0.25, -0.2) is 18.4 Å². The highest BCUT2D eigenvalue weighted by Gasteiger charge is 2.29. The van der Waals surface area contributed by atoms with E-state index in [9.17, 15) is 13.6 Å². The molecule has 1 unspecified atom stereocenters. The number of alkyl halides is 2. The second kappa shape index (κ2) is 7.20. The monoisotopic (exact) mass is 402 g/mol. The number of nitrogens with one attached hydrogen (secondary N) is 1. The number of nitrogens with zero attached hydrogens (tertiary/aromatic N) is 5. The Bertz CT molecular complexity index is 1080. The van der Waals surface area contributed by atoms with E-state index < -0.39 is 6.43 Å². The Morgan fingerprint density at radius 3 is 2.62 bits per heavy atom. The minimum Gasteiger partial charge on any atom is -0.348 e. The minimum absolute atomic E-state index is 0.0552. The molecule has 3 heterocycles.